The number of fused-ring (bicyclic) bond motifs is 5. The van der Waals surface area contributed by atoms with Crippen molar-refractivity contribution in [3.8, 4) is 0 Å². The zero-order valence-electron chi connectivity index (χ0n) is 30.5. The summed E-state index contributed by atoms with van der Waals surface area (Å²) in [5, 5.41) is 6.15. The van der Waals surface area contributed by atoms with Crippen LogP contribution in [0, 0.1) is 46.3 Å². The average molecular weight is 643 g/mol. The first-order valence-electron chi connectivity index (χ1n) is 18.8. The van der Waals surface area contributed by atoms with Gasteiger partial charge in [0.15, 0.2) is 0 Å². The second kappa shape index (κ2) is 14.0. The van der Waals surface area contributed by atoms with E-state index < -0.39 is 17.7 Å². The van der Waals surface area contributed by atoms with Gasteiger partial charge in [-0.25, -0.2) is 4.79 Å². The number of likely N-dealkylation sites (tertiary alicyclic amines) is 1. The zero-order chi connectivity index (χ0) is 33.4. The second-order valence-corrected chi connectivity index (χ2v) is 17.9. The summed E-state index contributed by atoms with van der Waals surface area (Å²) in [5.74, 6) is 4.68. The van der Waals surface area contributed by atoms with Crippen molar-refractivity contribution in [1.29, 1.82) is 0 Å². The minimum atomic E-state index is -0.664. The summed E-state index contributed by atoms with van der Waals surface area (Å²) in [4.78, 5) is 43.0. The predicted octanol–water partition coefficient (Wildman–Crippen LogP) is 6.62. The Labute approximate surface area is 279 Å². The van der Waals surface area contributed by atoms with Crippen molar-refractivity contribution < 1.29 is 19.1 Å². The second-order valence-electron chi connectivity index (χ2n) is 17.9. The third kappa shape index (κ3) is 7.42. The van der Waals surface area contributed by atoms with Crippen LogP contribution in [0.3, 0.4) is 0 Å². The molecule has 262 valence electrons. The number of nitrogens with zero attached hydrogens (tertiary/aromatic N) is 2. The summed E-state index contributed by atoms with van der Waals surface area (Å²) in [6.07, 6.45) is 15.4. The van der Waals surface area contributed by atoms with Crippen LogP contribution in [0.1, 0.15) is 125 Å². The van der Waals surface area contributed by atoms with E-state index in [1.54, 1.807) is 0 Å². The van der Waals surface area contributed by atoms with E-state index in [2.05, 4.69) is 31.4 Å². The van der Waals surface area contributed by atoms with Gasteiger partial charge in [0.1, 0.15) is 11.6 Å². The van der Waals surface area contributed by atoms with Crippen LogP contribution in [0.5, 0.6) is 0 Å². The highest BCUT2D eigenvalue weighted by atomic mass is 16.6. The van der Waals surface area contributed by atoms with Gasteiger partial charge in [-0.05, 0) is 145 Å². The molecule has 5 rings (SSSR count). The molecule has 2 N–H and O–H groups in total. The largest absolute Gasteiger partial charge is 0.444 e. The normalized spacial score (nSPS) is 38.0. The van der Waals surface area contributed by atoms with Crippen LogP contribution < -0.4 is 10.6 Å². The summed E-state index contributed by atoms with van der Waals surface area (Å²) >= 11 is 0. The maximum absolute atomic E-state index is 13.3. The van der Waals surface area contributed by atoms with Gasteiger partial charge in [-0.15, -0.1) is 0 Å². The lowest BCUT2D eigenvalue weighted by atomic mass is 9.44. The molecule has 1 aliphatic heterocycles. The van der Waals surface area contributed by atoms with Gasteiger partial charge in [-0.3, -0.25) is 14.5 Å². The molecule has 10 atom stereocenters. The van der Waals surface area contributed by atoms with E-state index in [1.165, 1.54) is 69.1 Å². The van der Waals surface area contributed by atoms with E-state index in [9.17, 15) is 14.4 Å². The van der Waals surface area contributed by atoms with Crippen molar-refractivity contribution >= 4 is 17.9 Å². The Hall–Kier alpha value is -1.83. The fourth-order valence-electron chi connectivity index (χ4n) is 11.4. The predicted molar refractivity (Wildman–Crippen MR) is 183 cm³/mol. The van der Waals surface area contributed by atoms with Gasteiger partial charge >= 0.3 is 6.09 Å². The minimum absolute atomic E-state index is 0.0293. The Morgan fingerprint density at radius 1 is 0.957 bits per heavy atom. The molecule has 0 spiro atoms. The van der Waals surface area contributed by atoms with Gasteiger partial charge < -0.3 is 20.3 Å². The fraction of sp³-hybridized carbons (Fsp3) is 0.921. The van der Waals surface area contributed by atoms with Gasteiger partial charge in [-0.2, -0.15) is 0 Å². The first-order chi connectivity index (χ1) is 21.6. The molecule has 0 aromatic rings. The molecule has 8 nitrogen and oxygen atoms in total. The van der Waals surface area contributed by atoms with E-state index in [4.69, 9.17) is 4.74 Å². The van der Waals surface area contributed by atoms with Crippen LogP contribution in [-0.4, -0.2) is 79.1 Å². The molecular weight excluding hydrogens is 576 g/mol. The highest BCUT2D eigenvalue weighted by Crippen LogP contribution is 2.68. The van der Waals surface area contributed by atoms with E-state index in [0.29, 0.717) is 48.6 Å². The average Bonchev–Trinajstić information content (AvgIpc) is 3.55. The molecule has 4 aliphatic carbocycles. The molecule has 46 heavy (non-hydrogen) atoms. The molecule has 8 heteroatoms. The maximum Gasteiger partial charge on any atom is 0.411 e. The third-order valence-electron chi connectivity index (χ3n) is 13.6. The third-order valence-corrected chi connectivity index (χ3v) is 13.6. The lowest BCUT2D eigenvalue weighted by molar-refractivity contribution is -0.125. The van der Waals surface area contributed by atoms with Crippen LogP contribution >= 0.6 is 0 Å². The van der Waals surface area contributed by atoms with Crippen molar-refractivity contribution in [2.45, 2.75) is 143 Å². The van der Waals surface area contributed by atoms with E-state index in [-0.39, 0.29) is 24.4 Å². The number of ether oxygens (including phenoxy) is 1. The van der Waals surface area contributed by atoms with Crippen molar-refractivity contribution in [1.82, 2.24) is 20.4 Å². The van der Waals surface area contributed by atoms with Crippen molar-refractivity contribution in [3.63, 3.8) is 0 Å². The first-order valence-corrected chi connectivity index (χ1v) is 18.8. The molecule has 0 aromatic heterocycles. The van der Waals surface area contributed by atoms with Gasteiger partial charge in [0.25, 0.3) is 0 Å². The standard InChI is InChI=1S/C38H66N4O4/c1-25(29-15-16-30-28-14-13-26-11-9-10-19-37(26,5)31(28)18-20-38(29,30)6)12-17-33(43)40-27-23-32(34(44)39-21-22-41(7)8)42(24-27)35(45)46-36(2,3)4/h25-32H,9-24H2,1-8H3,(H,39,44)(H,40,43)/t25-,26?,27+,28?,29-,30?,31?,32+,37+,38-/m1/s1. The topological polar surface area (TPSA) is 91.0 Å². The van der Waals surface area contributed by atoms with Gasteiger partial charge in [0.05, 0.1) is 0 Å². The summed E-state index contributed by atoms with van der Waals surface area (Å²) in [7, 11) is 3.91. The highest BCUT2D eigenvalue weighted by molar-refractivity contribution is 5.87. The summed E-state index contributed by atoms with van der Waals surface area (Å²) < 4.78 is 5.64. The van der Waals surface area contributed by atoms with E-state index in [1.807, 2.05) is 39.8 Å². The number of nitrogens with one attached hydrogen (secondary N) is 2. The van der Waals surface area contributed by atoms with Crippen LogP contribution in [0.4, 0.5) is 4.79 Å². The quantitative estimate of drug-likeness (QED) is 0.295. The smallest absolute Gasteiger partial charge is 0.411 e. The fourth-order valence-corrected chi connectivity index (χ4v) is 11.4. The molecule has 5 fully saturated rings. The number of amides is 3. The molecule has 0 aromatic carbocycles. The Morgan fingerprint density at radius 3 is 2.41 bits per heavy atom. The first kappa shape index (κ1) is 35.5. The SMILES string of the molecule is C[C@H](CCC(=O)N[C@H]1C[C@@H](C(=O)NCCN(C)C)N(C(=O)OC(C)(C)C)C1)[C@H]1CCC2C3CCC4CCCC[C@]4(C)C3CC[C@@]21C. The molecule has 3 amide bonds. The number of rotatable bonds is 9. The number of hydrogen-bond donors (Lipinski definition) is 2. The number of likely N-dealkylation sites (N-methyl/N-ethyl adjacent to an activating group) is 1. The molecular formula is C38H66N4O4. The Balaban J connectivity index is 1.15. The monoisotopic (exact) mass is 643 g/mol. The zero-order valence-corrected chi connectivity index (χ0v) is 30.5. The van der Waals surface area contributed by atoms with Crippen LogP contribution in [0.25, 0.3) is 0 Å². The van der Waals surface area contributed by atoms with Crippen molar-refractivity contribution in [3.05, 3.63) is 0 Å². The van der Waals surface area contributed by atoms with Crippen LogP contribution in [0.2, 0.25) is 0 Å². The maximum atomic E-state index is 13.3. The molecule has 0 bridgehead atoms. The molecule has 5 aliphatic rings. The van der Waals surface area contributed by atoms with Crippen LogP contribution in [-0.2, 0) is 14.3 Å². The highest BCUT2D eigenvalue weighted by Gasteiger charge is 2.60. The Morgan fingerprint density at radius 2 is 1.70 bits per heavy atom. The number of carbonyl (C=O) groups excluding carboxylic acids is 3. The van der Waals surface area contributed by atoms with Gasteiger partial charge in [0.2, 0.25) is 11.8 Å². The molecule has 0 radical (unpaired) electrons. The van der Waals surface area contributed by atoms with Crippen molar-refractivity contribution in [2.75, 3.05) is 33.7 Å². The minimum Gasteiger partial charge on any atom is -0.444 e. The van der Waals surface area contributed by atoms with E-state index in [0.717, 1.165) is 30.1 Å². The van der Waals surface area contributed by atoms with E-state index >= 15 is 0 Å². The number of carbonyl (C=O) groups is 3. The lowest BCUT2D eigenvalue weighted by Gasteiger charge is -2.61. The van der Waals surface area contributed by atoms with Gasteiger partial charge in [0, 0.05) is 32.1 Å². The van der Waals surface area contributed by atoms with Crippen molar-refractivity contribution in [2.24, 2.45) is 46.3 Å². The molecule has 4 saturated carbocycles. The molecule has 1 saturated heterocycles. The van der Waals surface area contributed by atoms with Gasteiger partial charge in [-0.1, -0.05) is 33.6 Å². The summed E-state index contributed by atoms with van der Waals surface area (Å²) in [6.45, 7) is 14.7. The molecule has 4 unspecified atom stereocenters. The summed E-state index contributed by atoms with van der Waals surface area (Å²) in [5.41, 5.74) is 0.319. The molecule has 1 heterocycles. The van der Waals surface area contributed by atoms with Crippen LogP contribution in [0.15, 0.2) is 0 Å². The number of hydrogen-bond acceptors (Lipinski definition) is 5. The summed E-state index contributed by atoms with van der Waals surface area (Å²) in [6, 6.07) is -0.919. The Kier molecular flexibility index (Phi) is 10.8. The Bertz CT molecular complexity index is 1100. The lowest BCUT2D eigenvalue weighted by Crippen LogP contribution is -2.53.